The van der Waals surface area contributed by atoms with Crippen molar-refractivity contribution in [3.05, 3.63) is 64.7 Å². The van der Waals surface area contributed by atoms with Crippen LogP contribution >= 0.6 is 11.6 Å². The molecule has 0 saturated carbocycles. The van der Waals surface area contributed by atoms with E-state index in [1.165, 1.54) is 0 Å². The van der Waals surface area contributed by atoms with E-state index in [9.17, 15) is 19.8 Å². The number of nitrogens with one attached hydrogen (secondary N) is 4. The van der Waals surface area contributed by atoms with Crippen molar-refractivity contribution in [2.75, 3.05) is 26.3 Å². The van der Waals surface area contributed by atoms with Gasteiger partial charge >= 0.3 is 0 Å². The summed E-state index contributed by atoms with van der Waals surface area (Å²) in [5.41, 5.74) is 1.90. The largest absolute Gasteiger partial charge is 0.492 e. The van der Waals surface area contributed by atoms with Gasteiger partial charge < -0.3 is 30.9 Å². The predicted molar refractivity (Wildman–Crippen MR) is 147 cm³/mol. The fourth-order valence-electron chi connectivity index (χ4n) is 4.41. The molecule has 0 aromatic heterocycles. The quantitative estimate of drug-likeness (QED) is 0.341. The number of benzene rings is 2. The number of carbonyl (C=O) groups is 2. The number of aliphatic hydroxyl groups excluding tert-OH is 2. The molecular weight excluding hydrogens is 508 g/mol. The summed E-state index contributed by atoms with van der Waals surface area (Å²) >= 11 is 6.17. The summed E-state index contributed by atoms with van der Waals surface area (Å²) < 4.78 is 6.03. The van der Waals surface area contributed by atoms with Crippen molar-refractivity contribution in [3.8, 4) is 5.75 Å². The number of aliphatic hydroxyl groups is 2. The third kappa shape index (κ3) is 8.96. The van der Waals surface area contributed by atoms with Gasteiger partial charge in [0.2, 0.25) is 11.8 Å². The number of hydrogen-bond donors (Lipinski definition) is 6. The van der Waals surface area contributed by atoms with Crippen molar-refractivity contribution < 1.29 is 24.5 Å². The summed E-state index contributed by atoms with van der Waals surface area (Å²) in [6.45, 7) is 4.39. The second kappa shape index (κ2) is 15.0. The van der Waals surface area contributed by atoms with E-state index in [1.54, 1.807) is 6.07 Å². The first-order valence-electron chi connectivity index (χ1n) is 13.1. The molecule has 0 fully saturated rings. The summed E-state index contributed by atoms with van der Waals surface area (Å²) in [7, 11) is 0. The molecule has 2 aromatic carbocycles. The second-order valence-corrected chi connectivity index (χ2v) is 10.3. The molecule has 208 valence electrons. The van der Waals surface area contributed by atoms with Gasteiger partial charge in [0.05, 0.1) is 18.7 Å². The Hall–Kier alpha value is -2.69. The fraction of sp³-hybridized carbons (Fsp3) is 0.500. The van der Waals surface area contributed by atoms with Crippen LogP contribution in [0.15, 0.2) is 48.5 Å². The van der Waals surface area contributed by atoms with Gasteiger partial charge in [0.25, 0.3) is 0 Å². The molecule has 10 heteroatoms. The van der Waals surface area contributed by atoms with Crippen LogP contribution in [0.25, 0.3) is 0 Å². The lowest BCUT2D eigenvalue weighted by Crippen LogP contribution is -2.61. The lowest BCUT2D eigenvalue weighted by molar-refractivity contribution is -0.126. The maximum absolute atomic E-state index is 13.5. The lowest BCUT2D eigenvalue weighted by atomic mass is 9.99. The molecular formula is C28H39ClN4O5. The number of para-hydroxylation sites is 1. The molecule has 1 heterocycles. The van der Waals surface area contributed by atoms with Gasteiger partial charge in [-0.2, -0.15) is 0 Å². The number of fused-ring (bicyclic) bond motifs is 1. The van der Waals surface area contributed by atoms with Gasteiger partial charge in [-0.15, -0.1) is 0 Å². The van der Waals surface area contributed by atoms with E-state index in [4.69, 9.17) is 16.3 Å². The van der Waals surface area contributed by atoms with Gasteiger partial charge in [0.15, 0.2) is 0 Å². The van der Waals surface area contributed by atoms with Crippen LogP contribution in [-0.2, 0) is 22.4 Å². The van der Waals surface area contributed by atoms with E-state index in [-0.39, 0.29) is 11.8 Å². The molecule has 3 rings (SSSR count). The fourth-order valence-corrected chi connectivity index (χ4v) is 4.63. The van der Waals surface area contributed by atoms with Crippen LogP contribution in [0.1, 0.15) is 31.4 Å². The Kier molecular flexibility index (Phi) is 11.8. The van der Waals surface area contributed by atoms with E-state index in [2.05, 4.69) is 21.3 Å². The number of aryl methyl sites for hydroxylation is 1. The van der Waals surface area contributed by atoms with E-state index in [1.807, 2.05) is 56.3 Å². The minimum absolute atomic E-state index is 0.166. The standard InChI is InChI=1S/C28H39ClN4O5/c1-18(2)25-28(37)32-23(17-34)26(35)31-12-6-9-20-8-3-4-11-24(20)38-14-13-30-22(27(36)33-25)16-19-7-5-10-21(29)15-19/h3-5,7-8,10-11,15,18,22-23,25,28,30,32,34,37H,6,9,12-14,16-17H2,1-2H3,(H,31,35)(H,33,36)/t22-,23+,25-,28?/m1/s1. The predicted octanol–water partition coefficient (Wildman–Crippen LogP) is 1.39. The van der Waals surface area contributed by atoms with Crippen molar-refractivity contribution in [1.29, 1.82) is 0 Å². The van der Waals surface area contributed by atoms with Gasteiger partial charge in [-0.3, -0.25) is 14.9 Å². The van der Waals surface area contributed by atoms with Crippen LogP contribution in [0.4, 0.5) is 0 Å². The normalized spacial score (nSPS) is 24.4. The maximum atomic E-state index is 13.5. The van der Waals surface area contributed by atoms with Crippen LogP contribution < -0.4 is 26.0 Å². The molecule has 0 aliphatic carbocycles. The maximum Gasteiger partial charge on any atom is 0.239 e. The molecule has 9 nitrogen and oxygen atoms in total. The van der Waals surface area contributed by atoms with Gasteiger partial charge in [0, 0.05) is 18.1 Å². The number of hydrogen-bond acceptors (Lipinski definition) is 7. The Bertz CT molecular complexity index is 1050. The zero-order valence-corrected chi connectivity index (χ0v) is 22.7. The SMILES string of the molecule is CC(C)[C@H]1NC(=O)[C@@H](Cc2cccc(Cl)c2)NCCOc2ccccc2CCCNC(=O)[C@H](CO)NC1O. The lowest BCUT2D eigenvalue weighted by Gasteiger charge is -2.32. The molecule has 1 unspecified atom stereocenters. The van der Waals surface area contributed by atoms with Crippen LogP contribution in [0.2, 0.25) is 5.02 Å². The molecule has 0 saturated heterocycles. The number of ether oxygens (including phenoxy) is 1. The van der Waals surface area contributed by atoms with Crippen molar-refractivity contribution in [2.24, 2.45) is 5.92 Å². The second-order valence-electron chi connectivity index (χ2n) is 9.82. The molecule has 38 heavy (non-hydrogen) atoms. The molecule has 0 bridgehead atoms. The molecule has 0 spiro atoms. The monoisotopic (exact) mass is 546 g/mol. The summed E-state index contributed by atoms with van der Waals surface area (Å²) in [4.78, 5) is 26.1. The van der Waals surface area contributed by atoms with Gasteiger partial charge in [-0.1, -0.05) is 55.8 Å². The molecule has 2 aromatic rings. The highest BCUT2D eigenvalue weighted by atomic mass is 35.5. The first kappa shape index (κ1) is 29.9. The van der Waals surface area contributed by atoms with Gasteiger partial charge in [-0.25, -0.2) is 0 Å². The Labute approximate surface area is 229 Å². The van der Waals surface area contributed by atoms with Crippen LogP contribution in [-0.4, -0.2) is 72.7 Å². The minimum Gasteiger partial charge on any atom is -0.492 e. The van der Waals surface area contributed by atoms with Crippen molar-refractivity contribution in [3.63, 3.8) is 0 Å². The highest BCUT2D eigenvalue weighted by Crippen LogP contribution is 2.19. The van der Waals surface area contributed by atoms with Crippen LogP contribution in [0.3, 0.4) is 0 Å². The molecule has 0 radical (unpaired) electrons. The van der Waals surface area contributed by atoms with Crippen molar-refractivity contribution >= 4 is 23.4 Å². The van der Waals surface area contributed by atoms with Gasteiger partial charge in [-0.05, 0) is 54.5 Å². The zero-order valence-electron chi connectivity index (χ0n) is 22.0. The third-order valence-electron chi connectivity index (χ3n) is 6.53. The highest BCUT2D eigenvalue weighted by Gasteiger charge is 2.31. The first-order valence-corrected chi connectivity index (χ1v) is 13.5. The number of amides is 2. The Morgan fingerprint density at radius 3 is 2.58 bits per heavy atom. The number of rotatable bonds is 4. The van der Waals surface area contributed by atoms with E-state index < -0.39 is 36.9 Å². The molecule has 1 aliphatic heterocycles. The molecule has 4 atom stereocenters. The molecule has 6 N–H and O–H groups in total. The van der Waals surface area contributed by atoms with E-state index >= 15 is 0 Å². The van der Waals surface area contributed by atoms with Crippen molar-refractivity contribution in [1.82, 2.24) is 21.3 Å². The van der Waals surface area contributed by atoms with E-state index in [0.717, 1.165) is 16.9 Å². The average molecular weight is 547 g/mol. The smallest absolute Gasteiger partial charge is 0.239 e. The van der Waals surface area contributed by atoms with Gasteiger partial charge in [0.1, 0.15) is 24.6 Å². The summed E-state index contributed by atoms with van der Waals surface area (Å²) in [6, 6.07) is 12.7. The summed E-state index contributed by atoms with van der Waals surface area (Å²) in [6.07, 6.45) is 0.484. The topological polar surface area (TPSA) is 132 Å². The van der Waals surface area contributed by atoms with Crippen LogP contribution in [0, 0.1) is 5.92 Å². The Morgan fingerprint density at radius 2 is 1.84 bits per heavy atom. The third-order valence-corrected chi connectivity index (χ3v) is 6.76. The van der Waals surface area contributed by atoms with Crippen LogP contribution in [0.5, 0.6) is 5.75 Å². The molecule has 2 amide bonds. The number of halogens is 1. The van der Waals surface area contributed by atoms with E-state index in [0.29, 0.717) is 44.0 Å². The first-order chi connectivity index (χ1) is 18.3. The Morgan fingerprint density at radius 1 is 1.05 bits per heavy atom. The zero-order chi connectivity index (χ0) is 27.5. The summed E-state index contributed by atoms with van der Waals surface area (Å²) in [5, 5.41) is 33.1. The average Bonchev–Trinajstić information content (AvgIpc) is 2.89. The number of carbonyl (C=O) groups excluding carboxylic acids is 2. The Balaban J connectivity index is 1.84. The molecule has 1 aliphatic rings. The van der Waals surface area contributed by atoms with Crippen molar-refractivity contribution in [2.45, 2.75) is 57.5 Å². The summed E-state index contributed by atoms with van der Waals surface area (Å²) in [5.74, 6) is -0.140. The highest BCUT2D eigenvalue weighted by molar-refractivity contribution is 6.30. The minimum atomic E-state index is -1.26.